The molecule has 8 N–H and O–H groups in total. The van der Waals surface area contributed by atoms with Crippen molar-refractivity contribution in [2.45, 2.75) is 70.7 Å². The molecule has 1 aromatic carbocycles. The summed E-state index contributed by atoms with van der Waals surface area (Å²) < 4.78 is 25.8. The van der Waals surface area contributed by atoms with Crippen LogP contribution in [0.15, 0.2) is 24.3 Å². The first-order valence-corrected chi connectivity index (χ1v) is 10.9. The van der Waals surface area contributed by atoms with Crippen molar-refractivity contribution in [1.82, 2.24) is 12.3 Å². The minimum atomic E-state index is -4.96. The number of quaternary nitrogens is 2. The predicted octanol–water partition coefficient (Wildman–Crippen LogP) is 3.47. The van der Waals surface area contributed by atoms with Crippen LogP contribution in [-0.2, 0) is 31.4 Å². The number of hydrogen-bond donors (Lipinski definition) is 2. The molecule has 28 heavy (non-hydrogen) atoms. The molecule has 0 radical (unpaired) electrons. The van der Waals surface area contributed by atoms with Crippen molar-refractivity contribution in [1.29, 1.82) is 0 Å². The fraction of sp³-hybridized carbons (Fsp3) is 0.684. The van der Waals surface area contributed by atoms with Crippen LogP contribution in [0.3, 0.4) is 0 Å². The van der Waals surface area contributed by atoms with E-state index in [9.17, 15) is 14.4 Å². The maximum absolute atomic E-state index is 10.5. The highest BCUT2D eigenvalue weighted by Crippen LogP contribution is 2.26. The second kappa shape index (κ2) is 14.2. The Morgan fingerprint density at radius 2 is 1.64 bits per heavy atom. The normalized spacial score (nSPS) is 19.1. The Hall–Kier alpha value is -0.830. The van der Waals surface area contributed by atoms with E-state index in [1.807, 2.05) is 0 Å². The highest BCUT2D eigenvalue weighted by Gasteiger charge is 2.26. The van der Waals surface area contributed by atoms with Gasteiger partial charge in [-0.15, -0.1) is 0 Å². The quantitative estimate of drug-likeness (QED) is 0.388. The lowest BCUT2D eigenvalue weighted by Crippen LogP contribution is -2.24. The molecule has 1 aromatic rings. The molecule has 1 fully saturated rings. The summed E-state index contributed by atoms with van der Waals surface area (Å²) in [4.78, 5) is 21.0. The van der Waals surface area contributed by atoms with Gasteiger partial charge in [-0.05, 0) is 24.0 Å². The first kappa shape index (κ1) is 27.2. The van der Waals surface area contributed by atoms with Gasteiger partial charge in [-0.25, -0.2) is 0 Å². The molecule has 2 atom stereocenters. The van der Waals surface area contributed by atoms with Gasteiger partial charge in [-0.2, -0.15) is 0 Å². The Bertz CT molecular complexity index is 566. The summed E-state index contributed by atoms with van der Waals surface area (Å²) in [5, 5.41) is 0. The lowest BCUT2D eigenvalue weighted by atomic mass is 10.0. The second-order valence-electron chi connectivity index (χ2n) is 6.80. The van der Waals surface area contributed by atoms with Gasteiger partial charge in [0, 0.05) is 6.42 Å². The molecule has 0 aliphatic carbocycles. The summed E-state index contributed by atoms with van der Waals surface area (Å²) in [5.74, 6) is 0. The first-order chi connectivity index (χ1) is 12.5. The Morgan fingerprint density at radius 3 is 2.29 bits per heavy atom. The Labute approximate surface area is 168 Å². The van der Waals surface area contributed by atoms with Gasteiger partial charge in [-0.1, -0.05) is 63.3 Å². The van der Waals surface area contributed by atoms with E-state index in [0.717, 1.165) is 12.0 Å². The molecule has 0 aromatic heterocycles. The van der Waals surface area contributed by atoms with Gasteiger partial charge in [0.2, 0.25) is 0 Å². The topological polar surface area (TPSA) is 164 Å². The number of ether oxygens (including phenoxy) is 2. The first-order valence-electron chi connectivity index (χ1n) is 9.48. The van der Waals surface area contributed by atoms with Gasteiger partial charge in [0.25, 0.3) is 0 Å². The molecule has 9 heteroatoms. The van der Waals surface area contributed by atoms with E-state index in [-0.39, 0.29) is 25.5 Å². The predicted molar refractivity (Wildman–Crippen MR) is 107 cm³/mol. The van der Waals surface area contributed by atoms with Crippen molar-refractivity contribution in [3.05, 3.63) is 35.4 Å². The van der Waals surface area contributed by atoms with Crippen LogP contribution in [0.1, 0.15) is 56.6 Å². The molecular weight excluding hydrogens is 383 g/mol. The van der Waals surface area contributed by atoms with Crippen molar-refractivity contribution in [2.24, 2.45) is 0 Å². The number of unbranched alkanes of at least 4 members (excludes halogenated alkanes) is 5. The van der Waals surface area contributed by atoms with Crippen LogP contribution in [0.25, 0.3) is 0 Å². The number of hydrogen-bond acceptors (Lipinski definition) is 6. The van der Waals surface area contributed by atoms with Gasteiger partial charge >= 0.3 is 0 Å². The van der Waals surface area contributed by atoms with Crippen LogP contribution in [0, 0.1) is 0 Å². The molecule has 164 valence electrons. The minimum absolute atomic E-state index is 0. The molecule has 2 unspecified atom stereocenters. The Balaban J connectivity index is 0.00000364. The molecule has 1 aliphatic heterocycles. The van der Waals surface area contributed by atoms with Crippen LogP contribution in [-0.4, -0.2) is 25.6 Å². The fourth-order valence-corrected chi connectivity index (χ4v) is 3.37. The maximum Gasteiger partial charge on any atom is 0.162 e. The molecule has 8 nitrogen and oxygen atoms in total. The zero-order valence-electron chi connectivity index (χ0n) is 17.4. The zero-order valence-corrected chi connectivity index (χ0v) is 18.3. The Morgan fingerprint density at radius 1 is 1.04 bits per heavy atom. The van der Waals surface area contributed by atoms with Gasteiger partial charge in [0.05, 0.1) is 21.0 Å². The monoisotopic (exact) mass is 420 g/mol. The smallest absolute Gasteiger partial charge is 0.162 e. The van der Waals surface area contributed by atoms with Crippen molar-refractivity contribution >= 4 is 7.82 Å². The van der Waals surface area contributed by atoms with Gasteiger partial charge in [0.15, 0.2) is 6.29 Å². The summed E-state index contributed by atoms with van der Waals surface area (Å²) >= 11 is 0. The summed E-state index contributed by atoms with van der Waals surface area (Å²) in [7, 11) is -4.96. The van der Waals surface area contributed by atoms with E-state index < -0.39 is 20.2 Å². The molecule has 1 heterocycles. The van der Waals surface area contributed by atoms with Crippen LogP contribution < -0.4 is 22.1 Å². The summed E-state index contributed by atoms with van der Waals surface area (Å²) in [6.45, 7) is 2.16. The number of phosphoric acid groups is 1. The number of benzene rings is 1. The van der Waals surface area contributed by atoms with Crippen molar-refractivity contribution in [3.63, 3.8) is 0 Å². The van der Waals surface area contributed by atoms with E-state index in [1.54, 1.807) is 0 Å². The van der Waals surface area contributed by atoms with Crippen LogP contribution in [0.2, 0.25) is 0 Å². The Kier molecular flexibility index (Phi) is 13.8. The van der Waals surface area contributed by atoms with Gasteiger partial charge in [0.1, 0.15) is 6.10 Å². The van der Waals surface area contributed by atoms with E-state index in [2.05, 4.69) is 35.7 Å². The average Bonchev–Trinajstić information content (AvgIpc) is 3.04. The molecule has 0 amide bonds. The van der Waals surface area contributed by atoms with Gasteiger partial charge < -0.3 is 40.7 Å². The summed E-state index contributed by atoms with van der Waals surface area (Å²) in [6.07, 6.45) is 8.51. The average molecular weight is 420 g/mol. The molecule has 1 aliphatic rings. The second-order valence-corrected chi connectivity index (χ2v) is 7.95. The highest BCUT2D eigenvalue weighted by molar-refractivity contribution is 7.43. The van der Waals surface area contributed by atoms with E-state index in [0.29, 0.717) is 6.42 Å². The lowest BCUT2D eigenvalue weighted by Gasteiger charge is -2.29. The SMILES string of the molecule is CCCCCCCCc1ccc(CC2OCC(COP(=O)([O-])[O-])O2)cc1.[NH4+].[NH4+]. The standard InChI is InChI=1S/C19H31O6P.2H3N/c1-2-3-4-5-6-7-8-16-9-11-17(12-10-16)13-19-23-14-18(25-19)15-24-26(20,21)22;;/h9-12,18-19H,2-8,13-15H2,1H3,(H2,20,21,22);2*1H3. The molecule has 0 saturated carbocycles. The highest BCUT2D eigenvalue weighted by atomic mass is 31.2. The third kappa shape index (κ3) is 11.2. The third-order valence-electron chi connectivity index (χ3n) is 4.48. The van der Waals surface area contributed by atoms with Crippen molar-refractivity contribution in [3.8, 4) is 0 Å². The zero-order chi connectivity index (χ0) is 18.8. The molecule has 0 bridgehead atoms. The van der Waals surface area contributed by atoms with E-state index in [1.165, 1.54) is 44.1 Å². The van der Waals surface area contributed by atoms with Crippen LogP contribution in [0.4, 0.5) is 0 Å². The summed E-state index contributed by atoms with van der Waals surface area (Å²) in [6, 6.07) is 8.43. The van der Waals surface area contributed by atoms with E-state index in [4.69, 9.17) is 9.47 Å². The third-order valence-corrected chi connectivity index (χ3v) is 4.94. The number of aryl methyl sites for hydroxylation is 1. The summed E-state index contributed by atoms with van der Waals surface area (Å²) in [5.41, 5.74) is 2.44. The number of rotatable bonds is 12. The maximum atomic E-state index is 10.5. The molecule has 2 rings (SSSR count). The van der Waals surface area contributed by atoms with Crippen molar-refractivity contribution < 1.29 is 28.3 Å². The molecule has 1 saturated heterocycles. The van der Waals surface area contributed by atoms with Crippen molar-refractivity contribution in [2.75, 3.05) is 13.2 Å². The fourth-order valence-electron chi connectivity index (χ4n) is 3.02. The largest absolute Gasteiger partial charge is 0.790 e. The van der Waals surface area contributed by atoms with Crippen LogP contribution >= 0.6 is 7.82 Å². The van der Waals surface area contributed by atoms with Gasteiger partial charge in [-0.3, -0.25) is 0 Å². The minimum Gasteiger partial charge on any atom is -0.790 e. The molecular formula is C19H37N2O6P. The molecule has 0 spiro atoms. The lowest BCUT2D eigenvalue weighted by molar-refractivity contribution is -0.342. The van der Waals surface area contributed by atoms with E-state index >= 15 is 0 Å². The van der Waals surface area contributed by atoms with Crippen LogP contribution in [0.5, 0.6) is 0 Å². The number of phosphoric ester groups is 1.